The van der Waals surface area contributed by atoms with Crippen LogP contribution in [-0.4, -0.2) is 23.3 Å². The predicted molar refractivity (Wildman–Crippen MR) is 91.8 cm³/mol. The highest BCUT2D eigenvalue weighted by Crippen LogP contribution is 2.28. The van der Waals surface area contributed by atoms with Gasteiger partial charge in [-0.15, -0.1) is 22.7 Å². The van der Waals surface area contributed by atoms with Gasteiger partial charge in [-0.25, -0.2) is 4.98 Å². The largest absolute Gasteiger partial charge is 0.491 e. The average molecular weight is 332 g/mol. The lowest BCUT2D eigenvalue weighted by atomic mass is 10.3. The summed E-state index contributed by atoms with van der Waals surface area (Å²) in [7, 11) is 0. The van der Waals surface area contributed by atoms with Crippen molar-refractivity contribution in [2.75, 3.05) is 18.5 Å². The maximum atomic E-state index is 8.72. The molecule has 0 aliphatic rings. The summed E-state index contributed by atoms with van der Waals surface area (Å²) in [6.45, 7) is 1.03. The van der Waals surface area contributed by atoms with Crippen LogP contribution < -0.4 is 10.1 Å². The molecule has 0 saturated heterocycles. The molecule has 0 bridgehead atoms. The summed E-state index contributed by atoms with van der Waals surface area (Å²) in [5, 5.41) is 17.3. The number of nitrogens with one attached hydrogen (secondary N) is 1. The number of hydrogen-bond acceptors (Lipinski definition) is 6. The maximum Gasteiger partial charge on any atom is 0.133 e. The van der Waals surface area contributed by atoms with Gasteiger partial charge in [-0.3, -0.25) is 0 Å². The van der Waals surface area contributed by atoms with Gasteiger partial charge in [-0.1, -0.05) is 6.07 Å². The molecule has 3 aromatic rings. The van der Waals surface area contributed by atoms with Crippen LogP contribution in [0.5, 0.6) is 5.75 Å². The van der Waals surface area contributed by atoms with Gasteiger partial charge in [0.1, 0.15) is 17.4 Å². The molecule has 0 atom stereocenters. The zero-order valence-electron chi connectivity index (χ0n) is 11.9. The van der Waals surface area contributed by atoms with Crippen LogP contribution in [0.15, 0.2) is 47.2 Å². The number of aliphatic hydroxyl groups excluding tert-OH is 1. The predicted octanol–water partition coefficient (Wildman–Crippen LogP) is 3.85. The summed E-state index contributed by atoms with van der Waals surface area (Å²) in [6.07, 6.45) is 0. The van der Waals surface area contributed by atoms with Crippen LogP contribution in [-0.2, 0) is 6.54 Å². The van der Waals surface area contributed by atoms with Crippen LogP contribution in [0.25, 0.3) is 9.88 Å². The molecule has 0 unspecified atom stereocenters. The number of rotatable bonds is 7. The fraction of sp³-hybridized carbons (Fsp3) is 0.188. The Bertz CT molecular complexity index is 693. The van der Waals surface area contributed by atoms with Gasteiger partial charge in [0.15, 0.2) is 0 Å². The van der Waals surface area contributed by atoms with E-state index in [0.29, 0.717) is 13.2 Å². The Kier molecular flexibility index (Phi) is 5.05. The van der Waals surface area contributed by atoms with Gasteiger partial charge >= 0.3 is 0 Å². The Labute approximate surface area is 137 Å². The summed E-state index contributed by atoms with van der Waals surface area (Å²) < 4.78 is 5.33. The smallest absolute Gasteiger partial charge is 0.133 e. The van der Waals surface area contributed by atoms with Crippen molar-refractivity contribution >= 4 is 28.4 Å². The maximum absolute atomic E-state index is 8.72. The van der Waals surface area contributed by atoms with E-state index in [0.717, 1.165) is 22.1 Å². The molecule has 0 amide bonds. The third-order valence-corrected chi connectivity index (χ3v) is 4.90. The van der Waals surface area contributed by atoms with Gasteiger partial charge in [0, 0.05) is 11.1 Å². The lowest BCUT2D eigenvalue weighted by molar-refractivity contribution is 0.201. The second-order valence-electron chi connectivity index (χ2n) is 4.57. The van der Waals surface area contributed by atoms with Crippen LogP contribution in [0.2, 0.25) is 0 Å². The Balaban J connectivity index is 1.56. The molecule has 0 spiro atoms. The molecule has 0 aliphatic heterocycles. The van der Waals surface area contributed by atoms with Gasteiger partial charge in [-0.2, -0.15) is 0 Å². The fourth-order valence-corrected chi connectivity index (χ4v) is 3.56. The summed E-state index contributed by atoms with van der Waals surface area (Å²) in [6, 6.07) is 11.8. The van der Waals surface area contributed by atoms with E-state index in [1.807, 2.05) is 30.3 Å². The minimum Gasteiger partial charge on any atom is -0.491 e. The van der Waals surface area contributed by atoms with E-state index in [1.165, 1.54) is 4.88 Å². The Morgan fingerprint density at radius 3 is 2.73 bits per heavy atom. The number of aromatic nitrogens is 1. The Hall–Kier alpha value is -1.89. The van der Waals surface area contributed by atoms with Crippen molar-refractivity contribution in [2.45, 2.75) is 6.54 Å². The molecule has 1 aromatic carbocycles. The van der Waals surface area contributed by atoms with Crippen LogP contribution in [0, 0.1) is 0 Å². The van der Waals surface area contributed by atoms with Crippen molar-refractivity contribution in [3.8, 4) is 15.6 Å². The topological polar surface area (TPSA) is 54.4 Å². The number of ether oxygens (including phenoxy) is 1. The quantitative estimate of drug-likeness (QED) is 0.690. The third-order valence-electron chi connectivity index (χ3n) is 2.97. The molecule has 2 N–H and O–H groups in total. The highest BCUT2D eigenvalue weighted by molar-refractivity contribution is 7.20. The number of thiophene rings is 1. The second-order valence-corrected chi connectivity index (χ2v) is 6.38. The van der Waals surface area contributed by atoms with Crippen LogP contribution >= 0.6 is 22.7 Å². The highest BCUT2D eigenvalue weighted by Gasteiger charge is 2.05. The lowest BCUT2D eigenvalue weighted by Gasteiger charge is -2.07. The summed E-state index contributed by atoms with van der Waals surface area (Å²) >= 11 is 3.38. The molecule has 3 rings (SSSR count). The van der Waals surface area contributed by atoms with E-state index in [9.17, 15) is 0 Å². The highest BCUT2D eigenvalue weighted by atomic mass is 32.1. The standard InChI is InChI=1S/C16H16N2O2S2/c19-7-8-20-14-5-3-12(4-6-14)17-10-13-11-22-16(18-13)15-2-1-9-21-15/h1-6,9,11,17,19H,7-8,10H2. The van der Waals surface area contributed by atoms with Crippen molar-refractivity contribution in [1.82, 2.24) is 4.98 Å². The number of hydrogen-bond donors (Lipinski definition) is 2. The number of benzene rings is 1. The molecule has 2 heterocycles. The lowest BCUT2D eigenvalue weighted by Crippen LogP contribution is -2.02. The van der Waals surface area contributed by atoms with E-state index >= 15 is 0 Å². The van der Waals surface area contributed by atoms with Crippen molar-refractivity contribution < 1.29 is 9.84 Å². The normalized spacial score (nSPS) is 10.6. The zero-order valence-corrected chi connectivity index (χ0v) is 13.5. The number of anilines is 1. The van der Waals surface area contributed by atoms with E-state index < -0.39 is 0 Å². The first-order chi connectivity index (χ1) is 10.8. The van der Waals surface area contributed by atoms with E-state index in [2.05, 4.69) is 27.1 Å². The van der Waals surface area contributed by atoms with Gasteiger partial charge in [-0.05, 0) is 35.7 Å². The average Bonchev–Trinajstić information content (AvgIpc) is 3.23. The van der Waals surface area contributed by atoms with E-state index in [-0.39, 0.29) is 6.61 Å². The minimum atomic E-state index is 0.0242. The first kappa shape index (κ1) is 15.0. The van der Waals surface area contributed by atoms with Gasteiger partial charge in [0.05, 0.1) is 23.7 Å². The minimum absolute atomic E-state index is 0.0242. The molecule has 22 heavy (non-hydrogen) atoms. The van der Waals surface area contributed by atoms with Gasteiger partial charge < -0.3 is 15.2 Å². The molecular weight excluding hydrogens is 316 g/mol. The SMILES string of the molecule is OCCOc1ccc(NCc2csc(-c3cccs3)n2)cc1. The monoisotopic (exact) mass is 332 g/mol. The summed E-state index contributed by atoms with van der Waals surface area (Å²) in [5.74, 6) is 0.758. The Morgan fingerprint density at radius 2 is 2.00 bits per heavy atom. The molecule has 4 nitrogen and oxygen atoms in total. The van der Waals surface area contributed by atoms with Crippen molar-refractivity contribution in [1.29, 1.82) is 0 Å². The Morgan fingerprint density at radius 1 is 1.14 bits per heavy atom. The molecule has 2 aromatic heterocycles. The molecule has 0 aliphatic carbocycles. The van der Waals surface area contributed by atoms with Crippen LogP contribution in [0.4, 0.5) is 5.69 Å². The van der Waals surface area contributed by atoms with E-state index in [4.69, 9.17) is 9.84 Å². The summed E-state index contributed by atoms with van der Waals surface area (Å²) in [4.78, 5) is 5.85. The molecular formula is C16H16N2O2S2. The second kappa shape index (κ2) is 7.40. The van der Waals surface area contributed by atoms with Crippen molar-refractivity contribution in [3.05, 3.63) is 52.9 Å². The van der Waals surface area contributed by atoms with Gasteiger partial charge in [0.2, 0.25) is 0 Å². The summed E-state index contributed by atoms with van der Waals surface area (Å²) in [5.41, 5.74) is 2.05. The number of nitrogens with zero attached hydrogens (tertiary/aromatic N) is 1. The van der Waals surface area contributed by atoms with E-state index in [1.54, 1.807) is 22.7 Å². The fourth-order valence-electron chi connectivity index (χ4n) is 1.93. The molecule has 6 heteroatoms. The number of thiazole rings is 1. The first-order valence-electron chi connectivity index (χ1n) is 6.91. The molecule has 0 radical (unpaired) electrons. The van der Waals surface area contributed by atoms with Gasteiger partial charge in [0.25, 0.3) is 0 Å². The third kappa shape index (κ3) is 3.85. The first-order valence-corrected chi connectivity index (χ1v) is 8.67. The number of aliphatic hydroxyl groups is 1. The van der Waals surface area contributed by atoms with Crippen LogP contribution in [0.1, 0.15) is 5.69 Å². The van der Waals surface area contributed by atoms with Crippen molar-refractivity contribution in [2.24, 2.45) is 0 Å². The zero-order chi connectivity index (χ0) is 15.2. The van der Waals surface area contributed by atoms with Crippen LogP contribution in [0.3, 0.4) is 0 Å². The van der Waals surface area contributed by atoms with Crippen molar-refractivity contribution in [3.63, 3.8) is 0 Å². The molecule has 0 fully saturated rings. The molecule has 114 valence electrons. The molecule has 0 saturated carbocycles.